The summed E-state index contributed by atoms with van der Waals surface area (Å²) in [6.07, 6.45) is 4.17. The Morgan fingerprint density at radius 3 is 2.93 bits per heavy atom. The van der Waals surface area contributed by atoms with E-state index in [0.29, 0.717) is 0 Å². The van der Waals surface area contributed by atoms with Gasteiger partial charge < -0.3 is 9.73 Å². The number of rotatable bonds is 4. The lowest BCUT2D eigenvalue weighted by Crippen LogP contribution is -2.03. The van der Waals surface area contributed by atoms with Crippen molar-refractivity contribution < 1.29 is 4.42 Å². The van der Waals surface area contributed by atoms with Crippen LogP contribution in [0, 0.1) is 0 Å². The monoisotopic (exact) mass is 203 g/mol. The van der Waals surface area contributed by atoms with Gasteiger partial charge in [0.1, 0.15) is 5.58 Å². The van der Waals surface area contributed by atoms with Crippen LogP contribution >= 0.6 is 0 Å². The average molecular weight is 203 g/mol. The minimum atomic E-state index is 0.864. The van der Waals surface area contributed by atoms with E-state index in [-0.39, 0.29) is 0 Å². The van der Waals surface area contributed by atoms with Crippen molar-refractivity contribution in [3.8, 4) is 0 Å². The zero-order valence-electron chi connectivity index (χ0n) is 9.34. The molecule has 0 aliphatic heterocycles. The predicted molar refractivity (Wildman–Crippen MR) is 63.0 cm³/mol. The molecular weight excluding hydrogens is 186 g/mol. The molecule has 0 amide bonds. The Hall–Kier alpha value is -1.28. The average Bonchev–Trinajstić information content (AvgIpc) is 2.63. The van der Waals surface area contributed by atoms with Crippen LogP contribution in [0.15, 0.2) is 28.9 Å². The molecule has 80 valence electrons. The summed E-state index contributed by atoms with van der Waals surface area (Å²) in [6, 6.07) is 6.47. The molecule has 1 aromatic heterocycles. The topological polar surface area (TPSA) is 25.2 Å². The fourth-order valence-electron chi connectivity index (χ4n) is 1.90. The highest BCUT2D eigenvalue weighted by Gasteiger charge is 2.05. The van der Waals surface area contributed by atoms with Crippen LogP contribution in [0.4, 0.5) is 0 Å². The maximum absolute atomic E-state index is 5.49. The SMILES string of the molecule is CCCc1ccc2occ(CNC)c2c1. The molecule has 0 fully saturated rings. The molecular formula is C13H17NO. The zero-order chi connectivity index (χ0) is 10.7. The van der Waals surface area contributed by atoms with Crippen LogP contribution in [0.5, 0.6) is 0 Å². The van der Waals surface area contributed by atoms with Gasteiger partial charge in [0.2, 0.25) is 0 Å². The van der Waals surface area contributed by atoms with Gasteiger partial charge in [-0.25, -0.2) is 0 Å². The van der Waals surface area contributed by atoms with E-state index in [0.717, 1.165) is 18.5 Å². The van der Waals surface area contributed by atoms with Crippen molar-refractivity contribution in [3.63, 3.8) is 0 Å². The second kappa shape index (κ2) is 4.49. The molecule has 2 rings (SSSR count). The van der Waals surface area contributed by atoms with Crippen molar-refractivity contribution in [1.82, 2.24) is 5.32 Å². The second-order valence-electron chi connectivity index (χ2n) is 3.87. The van der Waals surface area contributed by atoms with Crippen LogP contribution < -0.4 is 5.32 Å². The summed E-state index contributed by atoms with van der Waals surface area (Å²) in [7, 11) is 1.95. The first kappa shape index (κ1) is 10.2. The van der Waals surface area contributed by atoms with E-state index in [1.807, 2.05) is 13.3 Å². The van der Waals surface area contributed by atoms with E-state index in [9.17, 15) is 0 Å². The Kier molecular flexibility index (Phi) is 3.07. The van der Waals surface area contributed by atoms with Gasteiger partial charge in [-0.2, -0.15) is 0 Å². The van der Waals surface area contributed by atoms with Gasteiger partial charge in [-0.1, -0.05) is 19.4 Å². The minimum absolute atomic E-state index is 0.864. The number of hydrogen-bond acceptors (Lipinski definition) is 2. The van der Waals surface area contributed by atoms with Crippen molar-refractivity contribution in [1.29, 1.82) is 0 Å². The van der Waals surface area contributed by atoms with E-state index in [1.54, 1.807) is 0 Å². The quantitative estimate of drug-likeness (QED) is 0.826. The Morgan fingerprint density at radius 2 is 2.20 bits per heavy atom. The first-order valence-electron chi connectivity index (χ1n) is 5.48. The van der Waals surface area contributed by atoms with E-state index in [2.05, 4.69) is 30.4 Å². The number of nitrogens with one attached hydrogen (secondary N) is 1. The van der Waals surface area contributed by atoms with E-state index < -0.39 is 0 Å². The highest BCUT2D eigenvalue weighted by atomic mass is 16.3. The highest BCUT2D eigenvalue weighted by molar-refractivity contribution is 5.81. The van der Waals surface area contributed by atoms with Crippen LogP contribution in [0.25, 0.3) is 11.0 Å². The molecule has 0 aliphatic carbocycles. The van der Waals surface area contributed by atoms with Crippen molar-refractivity contribution in [2.45, 2.75) is 26.3 Å². The Bertz CT molecular complexity index is 445. The molecule has 15 heavy (non-hydrogen) atoms. The van der Waals surface area contributed by atoms with E-state index >= 15 is 0 Å². The maximum Gasteiger partial charge on any atom is 0.134 e. The largest absolute Gasteiger partial charge is 0.464 e. The van der Waals surface area contributed by atoms with Crippen molar-refractivity contribution in [3.05, 3.63) is 35.6 Å². The number of fused-ring (bicyclic) bond motifs is 1. The standard InChI is InChI=1S/C13H17NO/c1-3-4-10-5-6-13-12(7-10)11(8-14-2)9-15-13/h5-7,9,14H,3-4,8H2,1-2H3. The third-order valence-electron chi connectivity index (χ3n) is 2.62. The summed E-state index contributed by atoms with van der Waals surface area (Å²) < 4.78 is 5.49. The molecule has 2 heteroatoms. The molecule has 0 aliphatic rings. The molecule has 0 atom stereocenters. The van der Waals surface area contributed by atoms with Gasteiger partial charge in [-0.05, 0) is 31.2 Å². The van der Waals surface area contributed by atoms with Crippen LogP contribution in [-0.2, 0) is 13.0 Å². The molecule has 1 heterocycles. The summed E-state index contributed by atoms with van der Waals surface area (Å²) in [5.74, 6) is 0. The number of furan rings is 1. The lowest BCUT2D eigenvalue weighted by Gasteiger charge is -2.00. The molecule has 2 nitrogen and oxygen atoms in total. The van der Waals surface area contributed by atoms with Gasteiger partial charge in [0.05, 0.1) is 6.26 Å². The molecule has 0 radical (unpaired) electrons. The first-order chi connectivity index (χ1) is 7.35. The summed E-state index contributed by atoms with van der Waals surface area (Å²) in [6.45, 7) is 3.07. The lowest BCUT2D eigenvalue weighted by molar-refractivity contribution is 0.607. The van der Waals surface area contributed by atoms with Crippen molar-refractivity contribution >= 4 is 11.0 Å². The lowest BCUT2D eigenvalue weighted by atomic mass is 10.1. The summed E-state index contributed by atoms with van der Waals surface area (Å²) in [5, 5.41) is 4.40. The number of aryl methyl sites for hydroxylation is 1. The summed E-state index contributed by atoms with van der Waals surface area (Å²) in [4.78, 5) is 0. The molecule has 2 aromatic rings. The predicted octanol–water partition coefficient (Wildman–Crippen LogP) is 3.10. The van der Waals surface area contributed by atoms with E-state index in [4.69, 9.17) is 4.42 Å². The molecule has 0 spiro atoms. The van der Waals surface area contributed by atoms with Gasteiger partial charge in [0, 0.05) is 17.5 Å². The van der Waals surface area contributed by atoms with Gasteiger partial charge >= 0.3 is 0 Å². The molecule has 1 aromatic carbocycles. The minimum Gasteiger partial charge on any atom is -0.464 e. The maximum atomic E-state index is 5.49. The highest BCUT2D eigenvalue weighted by Crippen LogP contribution is 2.22. The smallest absolute Gasteiger partial charge is 0.134 e. The second-order valence-corrected chi connectivity index (χ2v) is 3.87. The molecule has 0 saturated carbocycles. The van der Waals surface area contributed by atoms with Crippen LogP contribution in [0.1, 0.15) is 24.5 Å². The Labute approximate surface area is 90.3 Å². The summed E-state index contributed by atoms with van der Waals surface area (Å²) in [5.41, 5.74) is 3.62. The third kappa shape index (κ3) is 2.05. The Balaban J connectivity index is 2.42. The van der Waals surface area contributed by atoms with Crippen LogP contribution in [0.2, 0.25) is 0 Å². The Morgan fingerprint density at radius 1 is 1.33 bits per heavy atom. The molecule has 0 bridgehead atoms. The van der Waals surface area contributed by atoms with Crippen molar-refractivity contribution in [2.24, 2.45) is 0 Å². The van der Waals surface area contributed by atoms with E-state index in [1.165, 1.54) is 22.9 Å². The first-order valence-corrected chi connectivity index (χ1v) is 5.48. The number of benzene rings is 1. The number of hydrogen-bond donors (Lipinski definition) is 1. The van der Waals surface area contributed by atoms with Gasteiger partial charge in [-0.3, -0.25) is 0 Å². The van der Waals surface area contributed by atoms with Gasteiger partial charge in [0.25, 0.3) is 0 Å². The molecule has 0 unspecified atom stereocenters. The van der Waals surface area contributed by atoms with Gasteiger partial charge in [0.15, 0.2) is 0 Å². The fraction of sp³-hybridized carbons (Fsp3) is 0.385. The zero-order valence-corrected chi connectivity index (χ0v) is 9.34. The molecule has 1 N–H and O–H groups in total. The van der Waals surface area contributed by atoms with Crippen molar-refractivity contribution in [2.75, 3.05) is 7.05 Å². The third-order valence-corrected chi connectivity index (χ3v) is 2.62. The van der Waals surface area contributed by atoms with Crippen LogP contribution in [-0.4, -0.2) is 7.05 Å². The fourth-order valence-corrected chi connectivity index (χ4v) is 1.90. The molecule has 0 saturated heterocycles. The summed E-state index contributed by atoms with van der Waals surface area (Å²) >= 11 is 0. The van der Waals surface area contributed by atoms with Crippen LogP contribution in [0.3, 0.4) is 0 Å². The normalized spacial score (nSPS) is 11.1. The van der Waals surface area contributed by atoms with Gasteiger partial charge in [-0.15, -0.1) is 0 Å².